The Bertz CT molecular complexity index is 370. The summed E-state index contributed by atoms with van der Waals surface area (Å²) in [6, 6.07) is 1.81. The molecule has 0 saturated carbocycles. The van der Waals surface area contributed by atoms with Crippen LogP contribution in [0.5, 0.6) is 5.75 Å². The molecule has 70 valence electrons. The van der Waals surface area contributed by atoms with Gasteiger partial charge in [-0.25, -0.2) is 0 Å². The van der Waals surface area contributed by atoms with Gasteiger partial charge in [0, 0.05) is 25.2 Å². The van der Waals surface area contributed by atoms with Gasteiger partial charge in [-0.3, -0.25) is 4.79 Å². The maximum Gasteiger partial charge on any atom is 0.290 e. The van der Waals surface area contributed by atoms with Crippen LogP contribution < -0.4 is 15.6 Å². The van der Waals surface area contributed by atoms with E-state index in [1.54, 1.807) is 6.07 Å². The second-order valence-electron chi connectivity index (χ2n) is 3.10. The molecule has 1 aliphatic rings. The number of aromatic nitrogens is 1. The van der Waals surface area contributed by atoms with Crippen molar-refractivity contribution in [3.63, 3.8) is 0 Å². The Balaban J connectivity index is 2.51. The number of fused-ring (bicyclic) bond motifs is 1. The van der Waals surface area contributed by atoms with Gasteiger partial charge in [-0.2, -0.15) is 0 Å². The van der Waals surface area contributed by atoms with E-state index in [9.17, 15) is 4.79 Å². The Morgan fingerprint density at radius 2 is 2.38 bits per heavy atom. The summed E-state index contributed by atoms with van der Waals surface area (Å²) in [5.74, 6) is 0.391. The molecule has 1 aromatic rings. The summed E-state index contributed by atoms with van der Waals surface area (Å²) in [5.41, 5.74) is 2.02. The number of H-pyrrole nitrogens is 1. The number of hydrogen-bond acceptors (Lipinski definition) is 3. The molecule has 13 heavy (non-hydrogen) atoms. The molecular formula is C9H12N2O2. The fraction of sp³-hybridized carbons (Fsp3) is 0.444. The maximum absolute atomic E-state index is 11.3. The molecule has 2 heterocycles. The van der Waals surface area contributed by atoms with Crippen LogP contribution in [0.1, 0.15) is 11.3 Å². The van der Waals surface area contributed by atoms with E-state index in [1.165, 1.54) is 7.11 Å². The fourth-order valence-corrected chi connectivity index (χ4v) is 1.56. The van der Waals surface area contributed by atoms with Gasteiger partial charge in [0.2, 0.25) is 0 Å². The summed E-state index contributed by atoms with van der Waals surface area (Å²) in [4.78, 5) is 14.1. The SMILES string of the molecule is COc1cc2c([nH]c1=O)CCNC2. The molecule has 0 amide bonds. The van der Waals surface area contributed by atoms with E-state index < -0.39 is 0 Å². The minimum Gasteiger partial charge on any atom is -0.491 e. The summed E-state index contributed by atoms with van der Waals surface area (Å²) in [6.45, 7) is 1.73. The summed E-state index contributed by atoms with van der Waals surface area (Å²) in [5, 5.41) is 3.23. The van der Waals surface area contributed by atoms with Crippen molar-refractivity contribution in [3.05, 3.63) is 27.7 Å². The molecule has 0 atom stereocenters. The minimum atomic E-state index is -0.136. The van der Waals surface area contributed by atoms with Gasteiger partial charge in [0.15, 0.2) is 5.75 Å². The molecule has 0 unspecified atom stereocenters. The Morgan fingerprint density at radius 3 is 3.15 bits per heavy atom. The lowest BCUT2D eigenvalue weighted by atomic mass is 10.1. The molecule has 2 N–H and O–H groups in total. The summed E-state index contributed by atoms with van der Waals surface area (Å²) >= 11 is 0. The Morgan fingerprint density at radius 1 is 1.54 bits per heavy atom. The van der Waals surface area contributed by atoms with E-state index in [2.05, 4.69) is 10.3 Å². The molecule has 0 bridgehead atoms. The third-order valence-electron chi connectivity index (χ3n) is 2.27. The average molecular weight is 180 g/mol. The molecule has 1 aromatic heterocycles. The van der Waals surface area contributed by atoms with Crippen LogP contribution in [0.15, 0.2) is 10.9 Å². The average Bonchev–Trinajstić information content (AvgIpc) is 2.17. The zero-order valence-corrected chi connectivity index (χ0v) is 7.52. The van der Waals surface area contributed by atoms with Gasteiger partial charge in [0.25, 0.3) is 5.56 Å². The van der Waals surface area contributed by atoms with Crippen LogP contribution in [0.3, 0.4) is 0 Å². The largest absolute Gasteiger partial charge is 0.491 e. The standard InChI is InChI=1S/C9H12N2O2/c1-13-8-4-6-5-10-3-2-7(6)11-9(8)12/h4,10H,2-3,5H2,1H3,(H,11,12). The molecule has 2 rings (SSSR count). The second-order valence-corrected chi connectivity index (χ2v) is 3.10. The molecule has 4 heteroatoms. The number of methoxy groups -OCH3 is 1. The van der Waals surface area contributed by atoms with Crippen molar-refractivity contribution in [2.75, 3.05) is 13.7 Å². The van der Waals surface area contributed by atoms with E-state index in [-0.39, 0.29) is 5.56 Å². The molecule has 0 aromatic carbocycles. The van der Waals surface area contributed by atoms with Crippen LogP contribution in [0.2, 0.25) is 0 Å². The molecule has 0 saturated heterocycles. The zero-order valence-electron chi connectivity index (χ0n) is 7.52. The van der Waals surface area contributed by atoms with Crippen LogP contribution in [0.25, 0.3) is 0 Å². The molecular weight excluding hydrogens is 168 g/mol. The highest BCUT2D eigenvalue weighted by atomic mass is 16.5. The normalized spacial score (nSPS) is 15.2. The van der Waals surface area contributed by atoms with Gasteiger partial charge < -0.3 is 15.0 Å². The number of hydrogen-bond donors (Lipinski definition) is 2. The van der Waals surface area contributed by atoms with Crippen molar-refractivity contribution >= 4 is 0 Å². The summed E-state index contributed by atoms with van der Waals surface area (Å²) in [7, 11) is 1.51. The molecule has 4 nitrogen and oxygen atoms in total. The van der Waals surface area contributed by atoms with E-state index in [4.69, 9.17) is 4.74 Å². The number of aromatic amines is 1. The van der Waals surface area contributed by atoms with Crippen molar-refractivity contribution in [2.45, 2.75) is 13.0 Å². The van der Waals surface area contributed by atoms with E-state index in [0.717, 1.165) is 30.8 Å². The van der Waals surface area contributed by atoms with E-state index >= 15 is 0 Å². The molecule has 0 fully saturated rings. The minimum absolute atomic E-state index is 0.136. The lowest BCUT2D eigenvalue weighted by Crippen LogP contribution is -2.27. The van der Waals surface area contributed by atoms with Crippen LogP contribution in [-0.4, -0.2) is 18.6 Å². The topological polar surface area (TPSA) is 54.1 Å². The van der Waals surface area contributed by atoms with Crippen molar-refractivity contribution in [1.29, 1.82) is 0 Å². The lowest BCUT2D eigenvalue weighted by Gasteiger charge is -2.16. The van der Waals surface area contributed by atoms with Gasteiger partial charge in [0.05, 0.1) is 7.11 Å². The number of ether oxygens (including phenoxy) is 1. The lowest BCUT2D eigenvalue weighted by molar-refractivity contribution is 0.406. The van der Waals surface area contributed by atoms with Crippen LogP contribution >= 0.6 is 0 Å². The number of rotatable bonds is 1. The maximum atomic E-state index is 11.3. The molecule has 1 aliphatic heterocycles. The molecule has 0 aliphatic carbocycles. The second kappa shape index (κ2) is 3.22. The zero-order chi connectivity index (χ0) is 9.26. The van der Waals surface area contributed by atoms with E-state index in [1.807, 2.05) is 0 Å². The first-order chi connectivity index (χ1) is 6.31. The highest BCUT2D eigenvalue weighted by molar-refractivity contribution is 5.30. The highest BCUT2D eigenvalue weighted by Gasteiger charge is 2.11. The molecule has 0 spiro atoms. The Hall–Kier alpha value is -1.29. The first-order valence-corrected chi connectivity index (χ1v) is 4.31. The van der Waals surface area contributed by atoms with Crippen molar-refractivity contribution in [1.82, 2.24) is 10.3 Å². The van der Waals surface area contributed by atoms with E-state index in [0.29, 0.717) is 5.75 Å². The molecule has 0 radical (unpaired) electrons. The summed E-state index contributed by atoms with van der Waals surface area (Å²) in [6.07, 6.45) is 0.883. The highest BCUT2D eigenvalue weighted by Crippen LogP contribution is 2.13. The van der Waals surface area contributed by atoms with Gasteiger partial charge in [0.1, 0.15) is 0 Å². The Labute approximate surface area is 75.9 Å². The predicted molar refractivity (Wildman–Crippen MR) is 49.0 cm³/mol. The number of pyridine rings is 1. The smallest absolute Gasteiger partial charge is 0.290 e. The Kier molecular flexibility index (Phi) is 2.06. The van der Waals surface area contributed by atoms with Gasteiger partial charge in [-0.05, 0) is 11.6 Å². The first-order valence-electron chi connectivity index (χ1n) is 4.31. The van der Waals surface area contributed by atoms with Crippen molar-refractivity contribution in [2.24, 2.45) is 0 Å². The third-order valence-corrected chi connectivity index (χ3v) is 2.27. The van der Waals surface area contributed by atoms with Gasteiger partial charge in [-0.1, -0.05) is 0 Å². The number of nitrogens with one attached hydrogen (secondary N) is 2. The van der Waals surface area contributed by atoms with Gasteiger partial charge in [-0.15, -0.1) is 0 Å². The predicted octanol–water partition coefficient (Wildman–Crippen LogP) is 0.0292. The van der Waals surface area contributed by atoms with Gasteiger partial charge >= 0.3 is 0 Å². The quantitative estimate of drug-likeness (QED) is 0.641. The van der Waals surface area contributed by atoms with Crippen molar-refractivity contribution < 1.29 is 4.74 Å². The monoisotopic (exact) mass is 180 g/mol. The third kappa shape index (κ3) is 1.45. The van der Waals surface area contributed by atoms with Crippen LogP contribution in [-0.2, 0) is 13.0 Å². The first kappa shape index (κ1) is 8.31. The summed E-state index contributed by atoms with van der Waals surface area (Å²) < 4.78 is 4.94. The fourth-order valence-electron chi connectivity index (χ4n) is 1.56. The van der Waals surface area contributed by atoms with Crippen LogP contribution in [0.4, 0.5) is 0 Å². The van der Waals surface area contributed by atoms with Crippen molar-refractivity contribution in [3.8, 4) is 5.75 Å². The van der Waals surface area contributed by atoms with Crippen LogP contribution in [0, 0.1) is 0 Å².